The molecule has 0 aromatic heterocycles. The molecule has 6 heteroatoms. The number of halogens is 3. The lowest BCUT2D eigenvalue weighted by molar-refractivity contribution is 0.0734. The lowest BCUT2D eigenvalue weighted by Crippen LogP contribution is -2.11. The predicted molar refractivity (Wildman–Crippen MR) is 100 cm³/mol. The molecule has 0 aliphatic heterocycles. The molecule has 126 valence electrons. The van der Waals surface area contributed by atoms with E-state index in [0.29, 0.717) is 32.2 Å². The zero-order chi connectivity index (χ0) is 17.8. The van der Waals surface area contributed by atoms with Crippen LogP contribution >= 0.6 is 27.5 Å². The average Bonchev–Trinajstić information content (AvgIpc) is 2.60. The molecule has 0 bridgehead atoms. The van der Waals surface area contributed by atoms with Gasteiger partial charge < -0.3 is 10.1 Å². The van der Waals surface area contributed by atoms with Gasteiger partial charge >= 0.3 is 5.97 Å². The van der Waals surface area contributed by atoms with Gasteiger partial charge in [-0.15, -0.1) is 0 Å². The number of ether oxygens (including phenoxy) is 1. The van der Waals surface area contributed by atoms with Crippen LogP contribution < -0.4 is 10.1 Å². The maximum atomic E-state index is 13.0. The number of para-hydroxylation sites is 1. The largest absolute Gasteiger partial charge is 0.422 e. The second kappa shape index (κ2) is 7.68. The van der Waals surface area contributed by atoms with E-state index in [2.05, 4.69) is 21.2 Å². The summed E-state index contributed by atoms with van der Waals surface area (Å²) < 4.78 is 19.0. The first kappa shape index (κ1) is 17.5. The summed E-state index contributed by atoms with van der Waals surface area (Å²) in [5.74, 6) is -0.481. The molecule has 0 aliphatic rings. The van der Waals surface area contributed by atoms with E-state index in [9.17, 15) is 9.18 Å². The topological polar surface area (TPSA) is 38.3 Å². The maximum Gasteiger partial charge on any atom is 0.345 e. The summed E-state index contributed by atoms with van der Waals surface area (Å²) in [6.45, 7) is 0. The van der Waals surface area contributed by atoms with E-state index in [1.165, 1.54) is 12.1 Å². The lowest BCUT2D eigenvalue weighted by atomic mass is 10.1. The summed E-state index contributed by atoms with van der Waals surface area (Å²) in [6.07, 6.45) is 0. The summed E-state index contributed by atoms with van der Waals surface area (Å²) in [6, 6.07) is 17.7. The van der Waals surface area contributed by atoms with E-state index in [1.54, 1.807) is 54.6 Å². The normalized spacial score (nSPS) is 10.4. The SMILES string of the molecule is O=C(Oc1ccc(Cl)cc1Br)c1ccccc1Nc1ccc(F)cc1. The molecule has 0 radical (unpaired) electrons. The van der Waals surface area contributed by atoms with Crippen molar-refractivity contribution in [1.29, 1.82) is 0 Å². The monoisotopic (exact) mass is 419 g/mol. The van der Waals surface area contributed by atoms with Crippen LogP contribution in [0, 0.1) is 5.82 Å². The van der Waals surface area contributed by atoms with Gasteiger partial charge in [-0.1, -0.05) is 23.7 Å². The molecular weight excluding hydrogens is 409 g/mol. The highest BCUT2D eigenvalue weighted by Crippen LogP contribution is 2.30. The van der Waals surface area contributed by atoms with Crippen molar-refractivity contribution in [3.8, 4) is 5.75 Å². The summed E-state index contributed by atoms with van der Waals surface area (Å²) in [5, 5.41) is 3.62. The Morgan fingerprint density at radius 1 is 1.04 bits per heavy atom. The maximum absolute atomic E-state index is 13.0. The summed E-state index contributed by atoms with van der Waals surface area (Å²) in [5.41, 5.74) is 1.58. The predicted octanol–water partition coefficient (Wildman–Crippen LogP) is 6.20. The molecule has 0 fully saturated rings. The van der Waals surface area contributed by atoms with E-state index in [0.717, 1.165) is 0 Å². The first-order valence-corrected chi connectivity index (χ1v) is 8.49. The molecule has 3 nitrogen and oxygen atoms in total. The minimum atomic E-state index is -0.520. The van der Waals surface area contributed by atoms with Gasteiger partial charge in [0.15, 0.2) is 0 Å². The second-order valence-electron chi connectivity index (χ2n) is 5.14. The Hall–Kier alpha value is -2.37. The molecule has 25 heavy (non-hydrogen) atoms. The molecule has 0 spiro atoms. The van der Waals surface area contributed by atoms with Crippen LogP contribution in [0.5, 0.6) is 5.75 Å². The quantitative estimate of drug-likeness (QED) is 0.403. The third kappa shape index (κ3) is 4.38. The first-order valence-electron chi connectivity index (χ1n) is 7.32. The lowest BCUT2D eigenvalue weighted by Gasteiger charge is -2.12. The van der Waals surface area contributed by atoms with E-state index in [-0.39, 0.29) is 5.82 Å². The minimum absolute atomic E-state index is 0.328. The van der Waals surface area contributed by atoms with Crippen molar-refractivity contribution in [2.45, 2.75) is 0 Å². The van der Waals surface area contributed by atoms with Crippen molar-refractivity contribution in [3.63, 3.8) is 0 Å². The van der Waals surface area contributed by atoms with Crippen molar-refractivity contribution in [1.82, 2.24) is 0 Å². The van der Waals surface area contributed by atoms with Crippen LogP contribution in [0.4, 0.5) is 15.8 Å². The summed E-state index contributed by atoms with van der Waals surface area (Å²) in [4.78, 5) is 12.5. The van der Waals surface area contributed by atoms with Crippen LogP contribution in [0.25, 0.3) is 0 Å². The van der Waals surface area contributed by atoms with Crippen molar-refractivity contribution >= 4 is 44.9 Å². The highest BCUT2D eigenvalue weighted by atomic mass is 79.9. The number of hydrogen-bond donors (Lipinski definition) is 1. The van der Waals surface area contributed by atoms with Gasteiger partial charge in [-0.05, 0) is 70.5 Å². The molecule has 1 N–H and O–H groups in total. The molecule has 0 heterocycles. The number of carbonyl (C=O) groups excluding carboxylic acids is 1. The van der Waals surface area contributed by atoms with Gasteiger partial charge in [-0.25, -0.2) is 9.18 Å². The van der Waals surface area contributed by atoms with Crippen LogP contribution in [0.15, 0.2) is 71.2 Å². The van der Waals surface area contributed by atoms with Gasteiger partial charge in [0.25, 0.3) is 0 Å². The molecule has 0 unspecified atom stereocenters. The number of anilines is 2. The van der Waals surface area contributed by atoms with Crippen LogP contribution in [-0.4, -0.2) is 5.97 Å². The molecular formula is C19H12BrClFNO2. The van der Waals surface area contributed by atoms with E-state index in [4.69, 9.17) is 16.3 Å². The van der Waals surface area contributed by atoms with Crippen molar-refractivity contribution in [2.75, 3.05) is 5.32 Å². The molecule has 3 aromatic carbocycles. The smallest absolute Gasteiger partial charge is 0.345 e. The fourth-order valence-corrected chi connectivity index (χ4v) is 2.94. The van der Waals surface area contributed by atoms with E-state index in [1.807, 2.05) is 0 Å². The van der Waals surface area contributed by atoms with Gasteiger partial charge in [0.05, 0.1) is 15.7 Å². The van der Waals surface area contributed by atoms with Gasteiger partial charge in [0.1, 0.15) is 11.6 Å². The molecule has 0 amide bonds. The number of hydrogen-bond acceptors (Lipinski definition) is 3. The minimum Gasteiger partial charge on any atom is -0.422 e. The third-order valence-corrected chi connectivity index (χ3v) is 4.22. The Bertz CT molecular complexity index is 916. The van der Waals surface area contributed by atoms with Crippen LogP contribution in [0.3, 0.4) is 0 Å². The van der Waals surface area contributed by atoms with Crippen molar-refractivity contribution in [2.24, 2.45) is 0 Å². The zero-order valence-corrected chi connectivity index (χ0v) is 15.1. The van der Waals surface area contributed by atoms with Gasteiger partial charge in [-0.2, -0.15) is 0 Å². The Morgan fingerprint density at radius 2 is 1.76 bits per heavy atom. The van der Waals surface area contributed by atoms with Crippen molar-refractivity contribution < 1.29 is 13.9 Å². The molecule has 3 rings (SSSR count). The third-order valence-electron chi connectivity index (χ3n) is 3.37. The van der Waals surface area contributed by atoms with Crippen LogP contribution in [0.1, 0.15) is 10.4 Å². The number of esters is 1. The summed E-state index contributed by atoms with van der Waals surface area (Å²) in [7, 11) is 0. The molecule has 3 aromatic rings. The van der Waals surface area contributed by atoms with E-state index >= 15 is 0 Å². The molecule has 0 atom stereocenters. The molecule has 0 aliphatic carbocycles. The number of benzene rings is 3. The Kier molecular flexibility index (Phi) is 5.36. The highest BCUT2D eigenvalue weighted by Gasteiger charge is 2.15. The number of rotatable bonds is 4. The van der Waals surface area contributed by atoms with Gasteiger partial charge in [0.2, 0.25) is 0 Å². The number of nitrogens with one attached hydrogen (secondary N) is 1. The second-order valence-corrected chi connectivity index (χ2v) is 6.43. The standard InChI is InChI=1S/C19H12BrClFNO2/c20-16-11-12(21)5-10-18(16)25-19(24)15-3-1-2-4-17(15)23-14-8-6-13(22)7-9-14/h1-11,23H. The first-order chi connectivity index (χ1) is 12.0. The molecule has 0 saturated heterocycles. The fourth-order valence-electron chi connectivity index (χ4n) is 2.17. The Morgan fingerprint density at radius 3 is 2.48 bits per heavy atom. The van der Waals surface area contributed by atoms with Gasteiger partial charge in [0, 0.05) is 10.7 Å². The highest BCUT2D eigenvalue weighted by molar-refractivity contribution is 9.10. The van der Waals surface area contributed by atoms with Crippen LogP contribution in [0.2, 0.25) is 5.02 Å². The Balaban J connectivity index is 1.84. The number of carbonyl (C=O) groups is 1. The van der Waals surface area contributed by atoms with Gasteiger partial charge in [-0.3, -0.25) is 0 Å². The fraction of sp³-hybridized carbons (Fsp3) is 0. The summed E-state index contributed by atoms with van der Waals surface area (Å²) >= 11 is 9.20. The van der Waals surface area contributed by atoms with Crippen LogP contribution in [-0.2, 0) is 0 Å². The average molecular weight is 421 g/mol. The Labute approximate surface area is 157 Å². The molecule has 0 saturated carbocycles. The van der Waals surface area contributed by atoms with E-state index < -0.39 is 5.97 Å². The zero-order valence-electron chi connectivity index (χ0n) is 12.8. The van der Waals surface area contributed by atoms with Crippen molar-refractivity contribution in [3.05, 3.63) is 87.6 Å².